The van der Waals surface area contributed by atoms with Crippen molar-refractivity contribution in [1.29, 1.82) is 0 Å². The number of hydrogen-bond acceptors (Lipinski definition) is 2. The minimum atomic E-state index is 0.0335. The summed E-state index contributed by atoms with van der Waals surface area (Å²) in [7, 11) is 0. The van der Waals surface area contributed by atoms with Crippen molar-refractivity contribution in [2.24, 2.45) is 17.3 Å². The zero-order valence-corrected chi connectivity index (χ0v) is 10.4. The summed E-state index contributed by atoms with van der Waals surface area (Å²) in [5.74, 6) is 1.20. The summed E-state index contributed by atoms with van der Waals surface area (Å²) in [6.07, 6.45) is 2.28. The molecule has 2 fully saturated rings. The van der Waals surface area contributed by atoms with Gasteiger partial charge in [-0.15, -0.1) is 0 Å². The number of hydrogen-bond donors (Lipinski definition) is 1. The normalized spacial score (nSPS) is 34.0. The topological polar surface area (TPSA) is 29.1 Å². The number of ketones is 1. The second-order valence-electron chi connectivity index (χ2n) is 5.95. The number of Topliss-reactive ketones (excluding diaryl/α,β-unsaturated/α-hetero) is 1. The van der Waals surface area contributed by atoms with Gasteiger partial charge in [-0.2, -0.15) is 0 Å². The Hall–Kier alpha value is -1.31. The van der Waals surface area contributed by atoms with Gasteiger partial charge in [-0.1, -0.05) is 32.0 Å². The zero-order chi connectivity index (χ0) is 12.0. The van der Waals surface area contributed by atoms with Crippen LogP contribution < -0.4 is 5.32 Å². The molecule has 1 N–H and O–H groups in total. The van der Waals surface area contributed by atoms with E-state index in [9.17, 15) is 4.79 Å². The average molecular weight is 229 g/mol. The predicted molar refractivity (Wildman–Crippen MR) is 68.9 cm³/mol. The minimum absolute atomic E-state index is 0.0335. The van der Waals surface area contributed by atoms with E-state index >= 15 is 0 Å². The van der Waals surface area contributed by atoms with Crippen LogP contribution in [0.2, 0.25) is 0 Å². The van der Waals surface area contributed by atoms with Crippen LogP contribution in [0.3, 0.4) is 0 Å². The third-order valence-corrected chi connectivity index (χ3v) is 4.77. The van der Waals surface area contributed by atoms with E-state index < -0.39 is 0 Å². The predicted octanol–water partition coefficient (Wildman–Crippen LogP) is 3.10. The van der Waals surface area contributed by atoms with Crippen molar-refractivity contribution in [2.45, 2.75) is 32.7 Å². The van der Waals surface area contributed by atoms with Crippen LogP contribution in [0.5, 0.6) is 0 Å². The lowest BCUT2D eigenvalue weighted by molar-refractivity contribution is -0.123. The molecule has 1 aromatic rings. The van der Waals surface area contributed by atoms with Gasteiger partial charge in [0.05, 0.1) is 6.04 Å². The fourth-order valence-corrected chi connectivity index (χ4v) is 3.75. The molecule has 0 amide bonds. The van der Waals surface area contributed by atoms with Crippen molar-refractivity contribution in [1.82, 2.24) is 0 Å². The smallest absolute Gasteiger partial charge is 0.158 e. The van der Waals surface area contributed by atoms with Gasteiger partial charge in [0.1, 0.15) is 0 Å². The number of anilines is 1. The molecule has 2 aliphatic carbocycles. The highest BCUT2D eigenvalue weighted by molar-refractivity contribution is 5.93. The lowest BCUT2D eigenvalue weighted by atomic mass is 9.81. The molecule has 0 aromatic heterocycles. The first kappa shape index (κ1) is 10.8. The number of carbonyl (C=O) groups excluding carboxylic acids is 1. The van der Waals surface area contributed by atoms with Gasteiger partial charge < -0.3 is 5.32 Å². The molecular weight excluding hydrogens is 210 g/mol. The Morgan fingerprint density at radius 1 is 1.18 bits per heavy atom. The van der Waals surface area contributed by atoms with Gasteiger partial charge in [0, 0.05) is 11.6 Å². The first-order valence-electron chi connectivity index (χ1n) is 6.46. The van der Waals surface area contributed by atoms with E-state index in [0.29, 0.717) is 11.7 Å². The Morgan fingerprint density at radius 2 is 1.88 bits per heavy atom. The molecule has 2 bridgehead atoms. The van der Waals surface area contributed by atoms with E-state index in [4.69, 9.17) is 0 Å². The van der Waals surface area contributed by atoms with Crippen molar-refractivity contribution in [3.63, 3.8) is 0 Å². The Balaban J connectivity index is 1.84. The number of benzene rings is 1. The molecule has 2 heteroatoms. The summed E-state index contributed by atoms with van der Waals surface area (Å²) in [6, 6.07) is 10.1. The highest BCUT2D eigenvalue weighted by Gasteiger charge is 2.58. The van der Waals surface area contributed by atoms with Gasteiger partial charge in [0.25, 0.3) is 0 Å². The van der Waals surface area contributed by atoms with Crippen LogP contribution in [0.1, 0.15) is 26.7 Å². The van der Waals surface area contributed by atoms with Crippen molar-refractivity contribution in [2.75, 3.05) is 5.32 Å². The van der Waals surface area contributed by atoms with E-state index in [2.05, 4.69) is 19.2 Å². The quantitative estimate of drug-likeness (QED) is 0.844. The molecule has 3 rings (SSSR count). The Labute approximate surface area is 102 Å². The van der Waals surface area contributed by atoms with E-state index in [0.717, 1.165) is 12.1 Å². The summed E-state index contributed by atoms with van der Waals surface area (Å²) >= 11 is 0. The fourth-order valence-electron chi connectivity index (χ4n) is 3.75. The largest absolute Gasteiger partial charge is 0.375 e. The van der Waals surface area contributed by atoms with Gasteiger partial charge in [0.15, 0.2) is 5.78 Å². The molecular formula is C15H19NO. The lowest BCUT2D eigenvalue weighted by Gasteiger charge is -2.26. The highest BCUT2D eigenvalue weighted by atomic mass is 16.1. The summed E-state index contributed by atoms with van der Waals surface area (Å²) in [5.41, 5.74) is 1.25. The van der Waals surface area contributed by atoms with E-state index in [-0.39, 0.29) is 17.4 Å². The second kappa shape index (κ2) is 3.59. The molecule has 0 unspecified atom stereocenters. The average Bonchev–Trinajstić information content (AvgIpc) is 2.69. The lowest BCUT2D eigenvalue weighted by Crippen LogP contribution is -2.35. The van der Waals surface area contributed by atoms with Crippen molar-refractivity contribution >= 4 is 11.5 Å². The van der Waals surface area contributed by atoms with Crippen molar-refractivity contribution in [3.8, 4) is 0 Å². The van der Waals surface area contributed by atoms with Crippen LogP contribution >= 0.6 is 0 Å². The van der Waals surface area contributed by atoms with Crippen LogP contribution in [-0.2, 0) is 4.79 Å². The molecule has 3 atom stereocenters. The molecule has 2 saturated carbocycles. The first-order valence-corrected chi connectivity index (χ1v) is 6.46. The maximum Gasteiger partial charge on any atom is 0.158 e. The monoisotopic (exact) mass is 229 g/mol. The van der Waals surface area contributed by atoms with Gasteiger partial charge in [-0.25, -0.2) is 0 Å². The molecule has 1 aromatic carbocycles. The van der Waals surface area contributed by atoms with E-state index in [1.54, 1.807) is 0 Å². The second-order valence-corrected chi connectivity index (χ2v) is 5.95. The van der Waals surface area contributed by atoms with Gasteiger partial charge in [0.2, 0.25) is 0 Å². The van der Waals surface area contributed by atoms with Crippen molar-refractivity contribution in [3.05, 3.63) is 30.3 Å². The van der Waals surface area contributed by atoms with Gasteiger partial charge in [-0.05, 0) is 36.3 Å². The van der Waals surface area contributed by atoms with Crippen LogP contribution in [-0.4, -0.2) is 11.8 Å². The first-order chi connectivity index (χ1) is 8.10. The molecule has 0 radical (unpaired) electrons. The minimum Gasteiger partial charge on any atom is -0.375 e. The Morgan fingerprint density at radius 3 is 2.47 bits per heavy atom. The number of para-hydroxylation sites is 1. The van der Waals surface area contributed by atoms with Gasteiger partial charge >= 0.3 is 0 Å². The van der Waals surface area contributed by atoms with Crippen LogP contribution in [0.25, 0.3) is 0 Å². The molecule has 0 spiro atoms. The summed E-state index contributed by atoms with van der Waals surface area (Å²) in [4.78, 5) is 12.3. The molecule has 0 heterocycles. The standard InChI is InChI=1S/C15H19NO/c1-15(2)11-8-9-12(15)14(17)13(11)16-10-6-4-3-5-7-10/h3-7,11-13,16H,8-9H2,1-2H3/t11-,12+,13+/m1/s1. The number of carbonyl (C=O) groups is 1. The van der Waals surface area contributed by atoms with Crippen LogP contribution in [0, 0.1) is 17.3 Å². The Kier molecular flexibility index (Phi) is 2.29. The van der Waals surface area contributed by atoms with Crippen molar-refractivity contribution < 1.29 is 4.79 Å². The summed E-state index contributed by atoms with van der Waals surface area (Å²) in [6.45, 7) is 4.50. The number of rotatable bonds is 2. The van der Waals surface area contributed by atoms with E-state index in [1.165, 1.54) is 6.42 Å². The van der Waals surface area contributed by atoms with Crippen LogP contribution in [0.4, 0.5) is 5.69 Å². The summed E-state index contributed by atoms with van der Waals surface area (Å²) in [5, 5.41) is 3.43. The molecule has 17 heavy (non-hydrogen) atoms. The molecule has 2 aliphatic rings. The Bertz CT molecular complexity index is 437. The third kappa shape index (κ3) is 1.50. The zero-order valence-electron chi connectivity index (χ0n) is 10.4. The molecule has 2 nitrogen and oxygen atoms in total. The summed E-state index contributed by atoms with van der Waals surface area (Å²) < 4.78 is 0. The maximum absolute atomic E-state index is 12.3. The maximum atomic E-state index is 12.3. The van der Waals surface area contributed by atoms with Gasteiger partial charge in [-0.3, -0.25) is 4.79 Å². The molecule has 0 saturated heterocycles. The highest BCUT2D eigenvalue weighted by Crippen LogP contribution is 2.56. The third-order valence-electron chi connectivity index (χ3n) is 4.77. The van der Waals surface area contributed by atoms with Crippen LogP contribution in [0.15, 0.2) is 30.3 Å². The molecule has 90 valence electrons. The number of fused-ring (bicyclic) bond motifs is 2. The molecule has 0 aliphatic heterocycles. The van der Waals surface area contributed by atoms with E-state index in [1.807, 2.05) is 30.3 Å². The SMILES string of the molecule is CC1(C)[C@@H]2CC[C@H]1C(=O)[C@H]2Nc1ccccc1. The fraction of sp³-hybridized carbons (Fsp3) is 0.533. The number of nitrogens with one attached hydrogen (secondary N) is 1.